The molecular formula is C13H20Cl2N2O2. The third-order valence-electron chi connectivity index (χ3n) is 3.08. The average Bonchev–Trinajstić information content (AvgIpc) is 2.33. The smallest absolute Gasteiger partial charge is 0.241 e. The minimum Gasteiger partial charge on any atom is -0.505 e. The Morgan fingerprint density at radius 1 is 1.53 bits per heavy atom. The number of halogens is 2. The zero-order chi connectivity index (χ0) is 13.9. The summed E-state index contributed by atoms with van der Waals surface area (Å²) < 4.78 is 0. The highest BCUT2D eigenvalue weighted by molar-refractivity contribution is 6.31. The molecule has 4 nitrogen and oxygen atoms in total. The number of hydrogen-bond donors (Lipinski definition) is 3. The van der Waals surface area contributed by atoms with Crippen molar-refractivity contribution in [2.45, 2.75) is 33.2 Å². The second-order valence-corrected chi connectivity index (χ2v) is 4.96. The lowest BCUT2D eigenvalue weighted by molar-refractivity contribution is -0.118. The van der Waals surface area contributed by atoms with E-state index in [0.29, 0.717) is 16.3 Å². The standard InChI is InChI=1S/C13H19ClN2O2.ClH/c1-4-7(2)11(15)13(18)16-10-6-9(14)5-8(3)12(10)17;/h5-7,11,17H,4,15H2,1-3H3,(H,16,18);1H. The van der Waals surface area contributed by atoms with E-state index in [1.807, 2.05) is 13.8 Å². The van der Waals surface area contributed by atoms with Crippen molar-refractivity contribution in [3.63, 3.8) is 0 Å². The van der Waals surface area contributed by atoms with Crippen LogP contribution in [0.15, 0.2) is 12.1 Å². The molecule has 6 heteroatoms. The zero-order valence-electron chi connectivity index (χ0n) is 11.2. The van der Waals surface area contributed by atoms with Gasteiger partial charge < -0.3 is 16.2 Å². The highest BCUT2D eigenvalue weighted by Gasteiger charge is 2.20. The van der Waals surface area contributed by atoms with E-state index >= 15 is 0 Å². The Morgan fingerprint density at radius 3 is 2.63 bits per heavy atom. The lowest BCUT2D eigenvalue weighted by atomic mass is 9.99. The van der Waals surface area contributed by atoms with Gasteiger partial charge in [0.25, 0.3) is 0 Å². The van der Waals surface area contributed by atoms with Crippen LogP contribution in [0.25, 0.3) is 0 Å². The number of rotatable bonds is 4. The summed E-state index contributed by atoms with van der Waals surface area (Å²) in [4.78, 5) is 11.9. The van der Waals surface area contributed by atoms with Crippen LogP contribution in [0.1, 0.15) is 25.8 Å². The molecule has 0 spiro atoms. The Bertz CT molecular complexity index is 453. The minimum absolute atomic E-state index is 0. The van der Waals surface area contributed by atoms with E-state index in [1.165, 1.54) is 6.07 Å². The van der Waals surface area contributed by atoms with Crippen molar-refractivity contribution in [3.05, 3.63) is 22.7 Å². The van der Waals surface area contributed by atoms with Crippen LogP contribution in [-0.4, -0.2) is 17.1 Å². The maximum atomic E-state index is 11.9. The van der Waals surface area contributed by atoms with Crippen molar-refractivity contribution < 1.29 is 9.90 Å². The number of phenolic OH excluding ortho intramolecular Hbond substituents is 1. The lowest BCUT2D eigenvalue weighted by Crippen LogP contribution is -2.40. The molecule has 108 valence electrons. The average molecular weight is 307 g/mol. The second kappa shape index (κ2) is 7.58. The van der Waals surface area contributed by atoms with Gasteiger partial charge in [-0.2, -0.15) is 0 Å². The van der Waals surface area contributed by atoms with Gasteiger partial charge in [-0.3, -0.25) is 4.79 Å². The SMILES string of the molecule is CCC(C)C(N)C(=O)Nc1cc(Cl)cc(C)c1O.Cl. The normalized spacial score (nSPS) is 13.3. The van der Waals surface area contributed by atoms with Crippen molar-refractivity contribution in [2.24, 2.45) is 11.7 Å². The highest BCUT2D eigenvalue weighted by Crippen LogP contribution is 2.31. The maximum Gasteiger partial charge on any atom is 0.241 e. The van der Waals surface area contributed by atoms with Gasteiger partial charge in [0, 0.05) is 5.02 Å². The predicted octanol–water partition coefficient (Wildman–Crippen LogP) is 3.09. The summed E-state index contributed by atoms with van der Waals surface area (Å²) in [7, 11) is 0. The molecule has 0 heterocycles. The Balaban J connectivity index is 0.00000324. The number of benzene rings is 1. The second-order valence-electron chi connectivity index (χ2n) is 4.52. The van der Waals surface area contributed by atoms with Gasteiger partial charge in [0.1, 0.15) is 5.75 Å². The number of anilines is 1. The van der Waals surface area contributed by atoms with Crippen molar-refractivity contribution in [1.29, 1.82) is 0 Å². The van der Waals surface area contributed by atoms with Crippen molar-refractivity contribution >= 4 is 35.6 Å². The molecule has 0 radical (unpaired) electrons. The van der Waals surface area contributed by atoms with E-state index in [4.69, 9.17) is 17.3 Å². The van der Waals surface area contributed by atoms with E-state index in [2.05, 4.69) is 5.32 Å². The number of hydrogen-bond acceptors (Lipinski definition) is 3. The van der Waals surface area contributed by atoms with Gasteiger partial charge in [-0.1, -0.05) is 31.9 Å². The Kier molecular flexibility index (Phi) is 7.19. The number of phenols is 1. The molecule has 0 aromatic heterocycles. The number of carbonyl (C=O) groups excluding carboxylic acids is 1. The van der Waals surface area contributed by atoms with Crippen LogP contribution < -0.4 is 11.1 Å². The van der Waals surface area contributed by atoms with Crippen LogP contribution in [0.2, 0.25) is 5.02 Å². The summed E-state index contributed by atoms with van der Waals surface area (Å²) in [5.74, 6) is -0.224. The third-order valence-corrected chi connectivity index (χ3v) is 3.30. The van der Waals surface area contributed by atoms with Crippen molar-refractivity contribution in [3.8, 4) is 5.75 Å². The van der Waals surface area contributed by atoms with Crippen LogP contribution in [0.4, 0.5) is 5.69 Å². The van der Waals surface area contributed by atoms with Crippen LogP contribution in [-0.2, 0) is 4.79 Å². The Labute approximate surface area is 124 Å². The van der Waals surface area contributed by atoms with Gasteiger partial charge in [-0.25, -0.2) is 0 Å². The topological polar surface area (TPSA) is 75.4 Å². The fourth-order valence-corrected chi connectivity index (χ4v) is 1.83. The Hall–Kier alpha value is -0.970. The first-order chi connectivity index (χ1) is 8.36. The molecule has 1 rings (SSSR count). The summed E-state index contributed by atoms with van der Waals surface area (Å²) in [6, 6.07) is 2.53. The monoisotopic (exact) mass is 306 g/mol. The molecule has 1 amide bonds. The van der Waals surface area contributed by atoms with Gasteiger partial charge in [0.15, 0.2) is 0 Å². The number of nitrogens with one attached hydrogen (secondary N) is 1. The van der Waals surface area contributed by atoms with Gasteiger partial charge >= 0.3 is 0 Å². The predicted molar refractivity (Wildman–Crippen MR) is 81.2 cm³/mol. The number of aromatic hydroxyl groups is 1. The number of nitrogens with two attached hydrogens (primary N) is 1. The molecule has 0 bridgehead atoms. The molecule has 1 aromatic carbocycles. The van der Waals surface area contributed by atoms with Gasteiger partial charge in [-0.15, -0.1) is 12.4 Å². The van der Waals surface area contributed by atoms with E-state index in [1.54, 1.807) is 13.0 Å². The first kappa shape index (κ1) is 18.0. The molecule has 0 aliphatic rings. The molecular weight excluding hydrogens is 287 g/mol. The molecule has 19 heavy (non-hydrogen) atoms. The fourth-order valence-electron chi connectivity index (χ4n) is 1.56. The first-order valence-corrected chi connectivity index (χ1v) is 6.30. The largest absolute Gasteiger partial charge is 0.505 e. The fraction of sp³-hybridized carbons (Fsp3) is 0.462. The number of amides is 1. The quantitative estimate of drug-likeness (QED) is 0.748. The zero-order valence-corrected chi connectivity index (χ0v) is 12.8. The van der Waals surface area contributed by atoms with Crippen LogP contribution in [0.5, 0.6) is 5.75 Å². The molecule has 0 saturated carbocycles. The molecule has 0 aliphatic heterocycles. The summed E-state index contributed by atoms with van der Waals surface area (Å²) in [6.45, 7) is 5.59. The third kappa shape index (κ3) is 4.56. The first-order valence-electron chi connectivity index (χ1n) is 5.92. The van der Waals surface area contributed by atoms with E-state index in [-0.39, 0.29) is 30.0 Å². The summed E-state index contributed by atoms with van der Waals surface area (Å²) in [5.41, 5.74) is 6.72. The van der Waals surface area contributed by atoms with Crippen molar-refractivity contribution in [1.82, 2.24) is 0 Å². The van der Waals surface area contributed by atoms with E-state index in [9.17, 15) is 9.90 Å². The summed E-state index contributed by atoms with van der Waals surface area (Å²) in [5, 5.41) is 12.9. The highest BCUT2D eigenvalue weighted by atomic mass is 35.5. The summed E-state index contributed by atoms with van der Waals surface area (Å²) in [6.07, 6.45) is 0.815. The van der Waals surface area contributed by atoms with E-state index < -0.39 is 6.04 Å². The minimum atomic E-state index is -0.603. The molecule has 4 N–H and O–H groups in total. The van der Waals surface area contributed by atoms with Crippen LogP contribution in [0, 0.1) is 12.8 Å². The lowest BCUT2D eigenvalue weighted by Gasteiger charge is -2.18. The molecule has 2 unspecified atom stereocenters. The maximum absolute atomic E-state index is 11.9. The van der Waals surface area contributed by atoms with E-state index in [0.717, 1.165) is 6.42 Å². The molecule has 1 aromatic rings. The van der Waals surface area contributed by atoms with Gasteiger partial charge in [-0.05, 0) is 30.5 Å². The Morgan fingerprint density at radius 2 is 2.11 bits per heavy atom. The molecule has 0 saturated heterocycles. The van der Waals surface area contributed by atoms with Gasteiger partial charge in [0.2, 0.25) is 5.91 Å². The molecule has 2 atom stereocenters. The number of aryl methyl sites for hydroxylation is 1. The number of carbonyl (C=O) groups is 1. The van der Waals surface area contributed by atoms with Crippen molar-refractivity contribution in [2.75, 3.05) is 5.32 Å². The molecule has 0 fully saturated rings. The summed E-state index contributed by atoms with van der Waals surface area (Å²) >= 11 is 5.88. The molecule has 0 aliphatic carbocycles. The van der Waals surface area contributed by atoms with Crippen LogP contribution >= 0.6 is 24.0 Å². The van der Waals surface area contributed by atoms with Crippen LogP contribution in [0.3, 0.4) is 0 Å². The van der Waals surface area contributed by atoms with Gasteiger partial charge in [0.05, 0.1) is 11.7 Å².